The Morgan fingerprint density at radius 1 is 1.64 bits per heavy atom. The molecule has 0 amide bonds. The van der Waals surface area contributed by atoms with E-state index in [1.54, 1.807) is 0 Å². The predicted molar refractivity (Wildman–Crippen MR) is 58.0 cm³/mol. The van der Waals surface area contributed by atoms with Crippen molar-refractivity contribution >= 4 is 0 Å². The zero-order valence-electron chi connectivity index (χ0n) is 9.25. The van der Waals surface area contributed by atoms with E-state index >= 15 is 0 Å². The fraction of sp³-hybridized carbons (Fsp3) is 0.700. The van der Waals surface area contributed by atoms with Gasteiger partial charge in [-0.3, -0.25) is 4.68 Å². The van der Waals surface area contributed by atoms with E-state index in [0.29, 0.717) is 12.6 Å². The third kappa shape index (κ3) is 2.82. The molecule has 1 heterocycles. The van der Waals surface area contributed by atoms with Gasteiger partial charge in [-0.25, -0.2) is 0 Å². The van der Waals surface area contributed by atoms with E-state index in [2.05, 4.69) is 30.3 Å². The van der Waals surface area contributed by atoms with Gasteiger partial charge in [-0.05, 0) is 26.8 Å². The van der Waals surface area contributed by atoms with Gasteiger partial charge in [0.2, 0.25) is 0 Å². The van der Waals surface area contributed by atoms with E-state index in [9.17, 15) is 0 Å². The standard InChI is InChI=1S/C10H20N4/c1-4-14-10(5-8(2)13-14)7-12-9(3)6-11/h5,9,12H,4,6-7,11H2,1-3H3/t9-/m0/s1. The lowest BCUT2D eigenvalue weighted by molar-refractivity contribution is 0.521. The maximum atomic E-state index is 5.53. The Labute approximate surface area is 85.5 Å². The Morgan fingerprint density at radius 2 is 2.36 bits per heavy atom. The number of aryl methyl sites for hydroxylation is 2. The van der Waals surface area contributed by atoms with Gasteiger partial charge in [-0.2, -0.15) is 5.10 Å². The van der Waals surface area contributed by atoms with Gasteiger partial charge in [0.25, 0.3) is 0 Å². The number of hydrogen-bond acceptors (Lipinski definition) is 3. The predicted octanol–water partition coefficient (Wildman–Crippen LogP) is 0.648. The first-order chi connectivity index (χ1) is 6.67. The summed E-state index contributed by atoms with van der Waals surface area (Å²) in [6.07, 6.45) is 0. The van der Waals surface area contributed by atoms with Crippen molar-refractivity contribution in [2.24, 2.45) is 5.73 Å². The second-order valence-corrected chi connectivity index (χ2v) is 3.61. The minimum absolute atomic E-state index is 0.357. The first kappa shape index (κ1) is 11.2. The van der Waals surface area contributed by atoms with Crippen molar-refractivity contribution in [2.45, 2.75) is 39.9 Å². The molecule has 80 valence electrons. The van der Waals surface area contributed by atoms with Crippen LogP contribution < -0.4 is 11.1 Å². The molecule has 3 N–H and O–H groups in total. The van der Waals surface area contributed by atoms with Crippen LogP contribution in [0.4, 0.5) is 0 Å². The molecule has 4 heteroatoms. The van der Waals surface area contributed by atoms with E-state index in [-0.39, 0.29) is 0 Å². The van der Waals surface area contributed by atoms with Crippen LogP contribution in [0.15, 0.2) is 6.07 Å². The van der Waals surface area contributed by atoms with Gasteiger partial charge in [0.15, 0.2) is 0 Å². The Morgan fingerprint density at radius 3 is 2.93 bits per heavy atom. The van der Waals surface area contributed by atoms with Gasteiger partial charge in [0.05, 0.1) is 11.4 Å². The molecule has 0 fully saturated rings. The van der Waals surface area contributed by atoms with Crippen LogP contribution in [-0.4, -0.2) is 22.4 Å². The SMILES string of the molecule is CCn1nc(C)cc1CN[C@@H](C)CN. The molecular weight excluding hydrogens is 176 g/mol. The number of hydrogen-bond donors (Lipinski definition) is 2. The Hall–Kier alpha value is -0.870. The highest BCUT2D eigenvalue weighted by molar-refractivity contribution is 5.08. The first-order valence-electron chi connectivity index (χ1n) is 5.14. The van der Waals surface area contributed by atoms with Gasteiger partial charge in [-0.15, -0.1) is 0 Å². The molecule has 4 nitrogen and oxygen atoms in total. The molecule has 0 aliphatic rings. The molecule has 0 radical (unpaired) electrons. The largest absolute Gasteiger partial charge is 0.329 e. The number of rotatable bonds is 5. The van der Waals surface area contributed by atoms with Crippen molar-refractivity contribution in [2.75, 3.05) is 6.54 Å². The summed E-state index contributed by atoms with van der Waals surface area (Å²) in [6.45, 7) is 8.62. The third-order valence-corrected chi connectivity index (χ3v) is 2.27. The summed E-state index contributed by atoms with van der Waals surface area (Å²) in [5.74, 6) is 0. The van der Waals surface area contributed by atoms with Crippen LogP contribution in [0.5, 0.6) is 0 Å². The molecule has 1 aromatic rings. The molecule has 0 aliphatic heterocycles. The van der Waals surface area contributed by atoms with Crippen molar-refractivity contribution in [3.63, 3.8) is 0 Å². The van der Waals surface area contributed by atoms with Crippen molar-refractivity contribution < 1.29 is 0 Å². The Balaban J connectivity index is 2.57. The minimum atomic E-state index is 0.357. The van der Waals surface area contributed by atoms with Gasteiger partial charge >= 0.3 is 0 Å². The second kappa shape index (κ2) is 5.12. The molecule has 0 aromatic carbocycles. The summed E-state index contributed by atoms with van der Waals surface area (Å²) < 4.78 is 2.02. The molecular formula is C10H20N4. The summed E-state index contributed by atoms with van der Waals surface area (Å²) in [7, 11) is 0. The summed E-state index contributed by atoms with van der Waals surface area (Å²) in [4.78, 5) is 0. The van der Waals surface area contributed by atoms with Crippen molar-refractivity contribution in [1.82, 2.24) is 15.1 Å². The van der Waals surface area contributed by atoms with Gasteiger partial charge in [0.1, 0.15) is 0 Å². The van der Waals surface area contributed by atoms with Crippen molar-refractivity contribution in [1.29, 1.82) is 0 Å². The van der Waals surface area contributed by atoms with E-state index < -0.39 is 0 Å². The van der Waals surface area contributed by atoms with E-state index in [4.69, 9.17) is 5.73 Å². The van der Waals surface area contributed by atoms with Crippen LogP contribution >= 0.6 is 0 Å². The van der Waals surface area contributed by atoms with Crippen LogP contribution in [0.25, 0.3) is 0 Å². The molecule has 1 aromatic heterocycles. The zero-order valence-corrected chi connectivity index (χ0v) is 9.25. The molecule has 0 unspecified atom stereocenters. The monoisotopic (exact) mass is 196 g/mol. The lowest BCUT2D eigenvalue weighted by atomic mass is 10.3. The van der Waals surface area contributed by atoms with Crippen LogP contribution in [0, 0.1) is 6.92 Å². The number of nitrogens with two attached hydrogens (primary N) is 1. The van der Waals surface area contributed by atoms with E-state index in [1.165, 1.54) is 5.69 Å². The normalized spacial score (nSPS) is 13.1. The molecule has 0 bridgehead atoms. The lowest BCUT2D eigenvalue weighted by Gasteiger charge is -2.11. The van der Waals surface area contributed by atoms with Gasteiger partial charge in [0, 0.05) is 25.7 Å². The second-order valence-electron chi connectivity index (χ2n) is 3.61. The quantitative estimate of drug-likeness (QED) is 0.727. The average Bonchev–Trinajstić information content (AvgIpc) is 2.55. The van der Waals surface area contributed by atoms with E-state index in [0.717, 1.165) is 18.8 Å². The fourth-order valence-electron chi connectivity index (χ4n) is 1.38. The zero-order chi connectivity index (χ0) is 10.6. The smallest absolute Gasteiger partial charge is 0.0597 e. The summed E-state index contributed by atoms with van der Waals surface area (Å²) in [5, 5.41) is 7.73. The van der Waals surface area contributed by atoms with Crippen molar-refractivity contribution in [3.05, 3.63) is 17.5 Å². The maximum Gasteiger partial charge on any atom is 0.0597 e. The molecule has 0 saturated carbocycles. The molecule has 1 rings (SSSR count). The number of nitrogens with one attached hydrogen (secondary N) is 1. The third-order valence-electron chi connectivity index (χ3n) is 2.27. The highest BCUT2D eigenvalue weighted by Gasteiger charge is 2.04. The van der Waals surface area contributed by atoms with Crippen molar-refractivity contribution in [3.8, 4) is 0 Å². The molecule has 14 heavy (non-hydrogen) atoms. The Bertz CT molecular complexity index is 280. The molecule has 0 spiro atoms. The van der Waals surface area contributed by atoms with Gasteiger partial charge < -0.3 is 11.1 Å². The van der Waals surface area contributed by atoms with Gasteiger partial charge in [-0.1, -0.05) is 0 Å². The fourth-order valence-corrected chi connectivity index (χ4v) is 1.38. The molecule has 0 aliphatic carbocycles. The number of nitrogens with zero attached hydrogens (tertiary/aromatic N) is 2. The summed E-state index contributed by atoms with van der Waals surface area (Å²) in [6, 6.07) is 2.47. The summed E-state index contributed by atoms with van der Waals surface area (Å²) in [5.41, 5.74) is 7.83. The lowest BCUT2D eigenvalue weighted by Crippen LogP contribution is -2.33. The highest BCUT2D eigenvalue weighted by Crippen LogP contribution is 2.03. The maximum absolute atomic E-state index is 5.53. The highest BCUT2D eigenvalue weighted by atomic mass is 15.3. The molecule has 1 atom stereocenters. The first-order valence-corrected chi connectivity index (χ1v) is 5.14. The minimum Gasteiger partial charge on any atom is -0.329 e. The Kier molecular flexibility index (Phi) is 4.10. The van der Waals surface area contributed by atoms with Crippen LogP contribution in [0.1, 0.15) is 25.2 Å². The van der Waals surface area contributed by atoms with Crippen LogP contribution in [-0.2, 0) is 13.1 Å². The molecule has 0 saturated heterocycles. The summed E-state index contributed by atoms with van der Waals surface area (Å²) >= 11 is 0. The average molecular weight is 196 g/mol. The van der Waals surface area contributed by atoms with E-state index in [1.807, 2.05) is 11.6 Å². The topological polar surface area (TPSA) is 55.9 Å². The van der Waals surface area contributed by atoms with Crippen LogP contribution in [0.3, 0.4) is 0 Å². The van der Waals surface area contributed by atoms with Crippen LogP contribution in [0.2, 0.25) is 0 Å². The number of aromatic nitrogens is 2.